The van der Waals surface area contributed by atoms with Crippen molar-refractivity contribution in [2.45, 2.75) is 6.42 Å². The molecule has 0 fully saturated rings. The van der Waals surface area contributed by atoms with Crippen LogP contribution in [0.3, 0.4) is 0 Å². The molecule has 0 bridgehead atoms. The van der Waals surface area contributed by atoms with Gasteiger partial charge < -0.3 is 10.6 Å². The van der Waals surface area contributed by atoms with Gasteiger partial charge in [0.05, 0.1) is 0 Å². The van der Waals surface area contributed by atoms with E-state index in [1.165, 1.54) is 5.56 Å². The Morgan fingerprint density at radius 2 is 1.88 bits per heavy atom. The van der Waals surface area contributed by atoms with Crippen LogP contribution in [0.25, 0.3) is 0 Å². The summed E-state index contributed by atoms with van der Waals surface area (Å²) in [5.74, 6) is -0.0695. The maximum Gasteiger partial charge on any atom is 0.197 e. The van der Waals surface area contributed by atoms with Crippen molar-refractivity contribution in [2.75, 3.05) is 13.6 Å². The van der Waals surface area contributed by atoms with Gasteiger partial charge in [-0.15, -0.1) is 12.4 Å². The normalized spacial score (nSPS) is 9.00. The number of nitrogens with zero attached hydrogens (tertiary/aromatic N) is 1. The van der Waals surface area contributed by atoms with Crippen molar-refractivity contribution >= 4 is 24.3 Å². The van der Waals surface area contributed by atoms with Crippen LogP contribution >= 0.6 is 12.4 Å². The second-order valence-electron chi connectivity index (χ2n) is 3.54. The van der Waals surface area contributed by atoms with Gasteiger partial charge in [0.15, 0.2) is 11.9 Å². The summed E-state index contributed by atoms with van der Waals surface area (Å²) in [5.41, 5.74) is 6.37. The minimum absolute atomic E-state index is 0. The molecule has 17 heavy (non-hydrogen) atoms. The van der Waals surface area contributed by atoms with Crippen LogP contribution in [0.4, 0.5) is 0 Å². The fraction of sp³-hybridized carbons (Fsp3) is 0.273. The Kier molecular flexibility index (Phi) is 6.74. The number of rotatable bonds is 3. The van der Waals surface area contributed by atoms with Crippen LogP contribution in [0.1, 0.15) is 5.56 Å². The third kappa shape index (κ3) is 5.77. The lowest BCUT2D eigenvalue weighted by molar-refractivity contribution is 0.493. The smallest absolute Gasteiger partial charge is 0.197 e. The number of halogens is 1. The van der Waals surface area contributed by atoms with Gasteiger partial charge in [-0.1, -0.05) is 30.3 Å². The average molecular weight is 256 g/mol. The van der Waals surface area contributed by atoms with Gasteiger partial charge in [0.1, 0.15) is 0 Å². The molecule has 0 aliphatic carbocycles. The SMILES string of the molecule is CN(CCc1ccccc1)C(=N)NC(=N)N.Cl. The van der Waals surface area contributed by atoms with Crippen LogP contribution in [0.2, 0.25) is 0 Å². The second-order valence-corrected chi connectivity index (χ2v) is 3.54. The number of benzene rings is 1. The molecule has 6 heteroatoms. The summed E-state index contributed by atoms with van der Waals surface area (Å²) in [6.45, 7) is 0.711. The molecule has 5 nitrogen and oxygen atoms in total. The van der Waals surface area contributed by atoms with Crippen molar-refractivity contribution in [1.29, 1.82) is 10.8 Å². The van der Waals surface area contributed by atoms with Crippen LogP contribution in [0.15, 0.2) is 30.3 Å². The summed E-state index contributed by atoms with van der Waals surface area (Å²) in [7, 11) is 1.79. The van der Waals surface area contributed by atoms with E-state index in [4.69, 9.17) is 16.6 Å². The predicted octanol–water partition coefficient (Wildman–Crippen LogP) is 1.00. The molecular weight excluding hydrogens is 238 g/mol. The lowest BCUT2D eigenvalue weighted by atomic mass is 10.1. The van der Waals surface area contributed by atoms with Crippen molar-refractivity contribution in [2.24, 2.45) is 5.73 Å². The minimum Gasteiger partial charge on any atom is -0.370 e. The highest BCUT2D eigenvalue weighted by Gasteiger charge is 2.04. The Labute approximate surface area is 107 Å². The lowest BCUT2D eigenvalue weighted by Crippen LogP contribution is -2.44. The fourth-order valence-corrected chi connectivity index (χ4v) is 1.28. The first-order valence-corrected chi connectivity index (χ1v) is 5.04. The Morgan fingerprint density at radius 1 is 1.29 bits per heavy atom. The van der Waals surface area contributed by atoms with E-state index in [0.717, 1.165) is 6.42 Å². The largest absolute Gasteiger partial charge is 0.370 e. The summed E-state index contributed by atoms with van der Waals surface area (Å²) in [6, 6.07) is 10.1. The highest BCUT2D eigenvalue weighted by molar-refractivity contribution is 5.94. The van der Waals surface area contributed by atoms with Gasteiger partial charge in [-0.25, -0.2) is 0 Å². The first-order valence-electron chi connectivity index (χ1n) is 5.04. The molecule has 0 unspecified atom stereocenters. The third-order valence-electron chi connectivity index (χ3n) is 2.21. The van der Waals surface area contributed by atoms with E-state index < -0.39 is 0 Å². The molecule has 1 aromatic rings. The topological polar surface area (TPSA) is 89.0 Å². The predicted molar refractivity (Wildman–Crippen MR) is 72.8 cm³/mol. The van der Waals surface area contributed by atoms with Gasteiger partial charge in [-0.3, -0.25) is 16.1 Å². The van der Waals surface area contributed by atoms with E-state index in [-0.39, 0.29) is 24.3 Å². The van der Waals surface area contributed by atoms with Crippen molar-refractivity contribution in [3.05, 3.63) is 35.9 Å². The van der Waals surface area contributed by atoms with Gasteiger partial charge in [0, 0.05) is 13.6 Å². The third-order valence-corrected chi connectivity index (χ3v) is 2.21. The van der Waals surface area contributed by atoms with Gasteiger partial charge in [0.2, 0.25) is 0 Å². The summed E-state index contributed by atoms with van der Waals surface area (Å²) in [5, 5.41) is 17.0. The molecular formula is C11H18ClN5. The monoisotopic (exact) mass is 255 g/mol. The van der Waals surface area contributed by atoms with Gasteiger partial charge in [0.25, 0.3) is 0 Å². The lowest BCUT2D eigenvalue weighted by Gasteiger charge is -2.19. The quantitative estimate of drug-likeness (QED) is 0.480. The van der Waals surface area contributed by atoms with Gasteiger partial charge >= 0.3 is 0 Å². The van der Waals surface area contributed by atoms with Crippen molar-refractivity contribution in [3.8, 4) is 0 Å². The molecule has 0 atom stereocenters. The zero-order chi connectivity index (χ0) is 12.0. The first kappa shape index (κ1) is 15.2. The molecule has 0 aliphatic heterocycles. The number of likely N-dealkylation sites (N-methyl/N-ethyl adjacent to an activating group) is 1. The Morgan fingerprint density at radius 3 is 2.41 bits per heavy atom. The van der Waals surface area contributed by atoms with Crippen molar-refractivity contribution in [3.63, 3.8) is 0 Å². The van der Waals surface area contributed by atoms with E-state index in [2.05, 4.69) is 17.4 Å². The molecule has 0 radical (unpaired) electrons. The van der Waals surface area contributed by atoms with Crippen LogP contribution < -0.4 is 11.1 Å². The molecule has 0 saturated heterocycles. The molecule has 94 valence electrons. The molecule has 0 aromatic heterocycles. The number of hydrogen-bond donors (Lipinski definition) is 4. The average Bonchev–Trinajstić information content (AvgIpc) is 2.26. The molecule has 5 N–H and O–H groups in total. The van der Waals surface area contributed by atoms with E-state index in [0.29, 0.717) is 6.54 Å². The molecule has 0 aliphatic rings. The van der Waals surface area contributed by atoms with Crippen molar-refractivity contribution < 1.29 is 0 Å². The summed E-state index contributed by atoms with van der Waals surface area (Å²) >= 11 is 0. The summed E-state index contributed by atoms with van der Waals surface area (Å²) in [4.78, 5) is 1.72. The maximum atomic E-state index is 7.58. The molecule has 0 amide bonds. The van der Waals surface area contributed by atoms with E-state index in [9.17, 15) is 0 Å². The van der Waals surface area contributed by atoms with E-state index in [1.807, 2.05) is 18.2 Å². The van der Waals surface area contributed by atoms with Crippen LogP contribution in [-0.2, 0) is 6.42 Å². The summed E-state index contributed by atoms with van der Waals surface area (Å²) < 4.78 is 0. The Bertz CT molecular complexity index is 365. The zero-order valence-corrected chi connectivity index (χ0v) is 10.6. The molecule has 1 aromatic carbocycles. The van der Waals surface area contributed by atoms with Gasteiger partial charge in [-0.2, -0.15) is 0 Å². The molecule has 0 saturated carbocycles. The van der Waals surface area contributed by atoms with Gasteiger partial charge in [-0.05, 0) is 12.0 Å². The Hall–Kier alpha value is -1.75. The summed E-state index contributed by atoms with van der Waals surface area (Å²) in [6.07, 6.45) is 0.860. The van der Waals surface area contributed by atoms with Crippen LogP contribution in [0.5, 0.6) is 0 Å². The number of guanidine groups is 2. The van der Waals surface area contributed by atoms with E-state index in [1.54, 1.807) is 11.9 Å². The van der Waals surface area contributed by atoms with Crippen molar-refractivity contribution in [1.82, 2.24) is 10.2 Å². The zero-order valence-electron chi connectivity index (χ0n) is 9.73. The fourth-order valence-electron chi connectivity index (χ4n) is 1.28. The highest BCUT2D eigenvalue weighted by Crippen LogP contribution is 2.00. The molecule has 0 spiro atoms. The number of nitrogens with one attached hydrogen (secondary N) is 3. The highest BCUT2D eigenvalue weighted by atomic mass is 35.5. The minimum atomic E-state index is -0.212. The number of nitrogens with two attached hydrogens (primary N) is 1. The number of hydrogen-bond acceptors (Lipinski definition) is 2. The second kappa shape index (κ2) is 7.51. The molecule has 1 rings (SSSR count). The van der Waals surface area contributed by atoms with E-state index >= 15 is 0 Å². The van der Waals surface area contributed by atoms with Crippen LogP contribution in [-0.4, -0.2) is 30.4 Å². The van der Waals surface area contributed by atoms with Crippen LogP contribution in [0, 0.1) is 10.8 Å². The molecule has 0 heterocycles. The maximum absolute atomic E-state index is 7.58. The standard InChI is InChI=1S/C11H17N5.ClH/c1-16(11(14)15-10(12)13)8-7-9-5-3-2-4-6-9;/h2-6H,7-8H2,1H3,(H5,12,13,14,15);1H. The Balaban J connectivity index is 0.00000256. The first-order chi connectivity index (χ1) is 7.59.